The first-order valence-corrected chi connectivity index (χ1v) is 9.26. The molecule has 2 unspecified atom stereocenters. The monoisotopic (exact) mass is 355 g/mol. The molecule has 0 bridgehead atoms. The fourth-order valence-corrected chi connectivity index (χ4v) is 3.10. The topological polar surface area (TPSA) is 122 Å². The maximum atomic E-state index is 12.6. The zero-order valence-corrected chi connectivity index (χ0v) is 15.6. The first-order chi connectivity index (χ1) is 11.8. The van der Waals surface area contributed by atoms with Crippen molar-refractivity contribution in [1.82, 2.24) is 10.6 Å². The molecule has 1 fully saturated rings. The van der Waals surface area contributed by atoms with E-state index < -0.39 is 24.0 Å². The van der Waals surface area contributed by atoms with Gasteiger partial charge >= 0.3 is 0 Å². The molecule has 1 aliphatic rings. The maximum Gasteiger partial charge on any atom is 0.226 e. The Kier molecular flexibility index (Phi) is 9.24. The van der Waals surface area contributed by atoms with E-state index in [1.54, 1.807) is 13.8 Å². The maximum absolute atomic E-state index is 12.6. The first kappa shape index (κ1) is 21.7. The van der Waals surface area contributed by atoms with E-state index in [1.807, 2.05) is 0 Å². The van der Waals surface area contributed by atoms with Gasteiger partial charge in [0.2, 0.25) is 5.91 Å². The van der Waals surface area contributed by atoms with Crippen molar-refractivity contribution in [3.63, 3.8) is 0 Å². The number of Topliss-reactive ketones (excluding diaryl/α,β-unsaturated/α-hetero) is 2. The number of ketones is 2. The summed E-state index contributed by atoms with van der Waals surface area (Å²) in [4.78, 5) is 37.2. The van der Waals surface area contributed by atoms with Gasteiger partial charge in [-0.1, -0.05) is 20.3 Å². The first-order valence-electron chi connectivity index (χ1n) is 9.26. The van der Waals surface area contributed by atoms with Crippen LogP contribution in [0.3, 0.4) is 0 Å². The van der Waals surface area contributed by atoms with Gasteiger partial charge in [0.1, 0.15) is 0 Å². The molecule has 1 saturated heterocycles. The van der Waals surface area contributed by atoms with Crippen LogP contribution in [0.25, 0.3) is 0 Å². The normalized spacial score (nSPS) is 21.4. The van der Waals surface area contributed by atoms with Crippen molar-refractivity contribution in [3.8, 4) is 0 Å². The number of nitrogens with two attached hydrogens (primary N) is 1. The number of hydrogen-bond donors (Lipinski definition) is 4. The highest BCUT2D eigenvalue weighted by Gasteiger charge is 2.32. The predicted octanol–water partition coefficient (Wildman–Crippen LogP) is 0.143. The van der Waals surface area contributed by atoms with Gasteiger partial charge in [-0.05, 0) is 39.3 Å². The summed E-state index contributed by atoms with van der Waals surface area (Å²) in [5.41, 5.74) is 5.54. The number of hydrogen-bond acceptors (Lipinski definition) is 6. The Morgan fingerprint density at radius 1 is 1.24 bits per heavy atom. The second-order valence-corrected chi connectivity index (χ2v) is 7.22. The van der Waals surface area contributed by atoms with Crippen molar-refractivity contribution in [1.29, 1.82) is 0 Å². The molecule has 4 atom stereocenters. The molecule has 25 heavy (non-hydrogen) atoms. The SMILES string of the molecule is CC(C)C(=O)[C@H](CCN)NC(=O)[C@@H](CC(=O)C1CCCCN1)C(C)O. The number of nitrogens with one attached hydrogen (secondary N) is 2. The number of carbonyl (C=O) groups excluding carboxylic acids is 3. The standard InChI is InChI=1S/C18H33N3O4/c1-11(2)17(24)15(7-8-19)21-18(25)13(12(3)22)10-16(23)14-6-4-5-9-20-14/h11-15,20,22H,4-10,19H2,1-3H3,(H,21,25)/t12?,13-,14?,15-/m0/s1. The van der Waals surface area contributed by atoms with Gasteiger partial charge in [-0.2, -0.15) is 0 Å². The molecule has 1 rings (SSSR count). The largest absolute Gasteiger partial charge is 0.393 e. The zero-order chi connectivity index (χ0) is 19.0. The van der Waals surface area contributed by atoms with Gasteiger partial charge < -0.3 is 21.5 Å². The molecule has 7 nitrogen and oxygen atoms in total. The summed E-state index contributed by atoms with van der Waals surface area (Å²) < 4.78 is 0. The Morgan fingerprint density at radius 2 is 1.92 bits per heavy atom. The quantitative estimate of drug-likeness (QED) is 0.442. The fraction of sp³-hybridized carbons (Fsp3) is 0.833. The smallest absolute Gasteiger partial charge is 0.226 e. The summed E-state index contributed by atoms with van der Waals surface area (Å²) in [6.45, 7) is 6.09. The molecular weight excluding hydrogens is 322 g/mol. The van der Waals surface area contributed by atoms with Crippen molar-refractivity contribution in [2.24, 2.45) is 17.6 Å². The van der Waals surface area contributed by atoms with E-state index in [0.717, 1.165) is 25.8 Å². The molecule has 7 heteroatoms. The zero-order valence-electron chi connectivity index (χ0n) is 15.6. The van der Waals surface area contributed by atoms with Gasteiger partial charge in [0.25, 0.3) is 0 Å². The van der Waals surface area contributed by atoms with Gasteiger partial charge in [0.05, 0.1) is 24.1 Å². The number of aliphatic hydroxyl groups is 1. The highest BCUT2D eigenvalue weighted by Crippen LogP contribution is 2.17. The summed E-state index contributed by atoms with van der Waals surface area (Å²) in [5, 5.41) is 15.8. The van der Waals surface area contributed by atoms with Crippen molar-refractivity contribution < 1.29 is 19.5 Å². The Hall–Kier alpha value is -1.31. The third-order valence-corrected chi connectivity index (χ3v) is 4.72. The predicted molar refractivity (Wildman–Crippen MR) is 95.9 cm³/mol. The number of carbonyl (C=O) groups is 3. The second kappa shape index (κ2) is 10.6. The highest BCUT2D eigenvalue weighted by atomic mass is 16.3. The van der Waals surface area contributed by atoms with E-state index in [-0.39, 0.29) is 36.5 Å². The number of rotatable bonds is 10. The van der Waals surface area contributed by atoms with Gasteiger partial charge in [-0.15, -0.1) is 0 Å². The molecular formula is C18H33N3O4. The Balaban J connectivity index is 2.73. The van der Waals surface area contributed by atoms with Gasteiger partial charge in [0, 0.05) is 12.3 Å². The summed E-state index contributed by atoms with van der Waals surface area (Å²) in [5.74, 6) is -1.72. The Morgan fingerprint density at radius 3 is 2.40 bits per heavy atom. The average Bonchev–Trinajstić information content (AvgIpc) is 2.58. The summed E-state index contributed by atoms with van der Waals surface area (Å²) in [6, 6.07) is -0.929. The lowest BCUT2D eigenvalue weighted by molar-refractivity contribution is -0.136. The van der Waals surface area contributed by atoms with Crippen LogP contribution in [0, 0.1) is 11.8 Å². The van der Waals surface area contributed by atoms with Crippen LogP contribution in [-0.2, 0) is 14.4 Å². The summed E-state index contributed by atoms with van der Waals surface area (Å²) >= 11 is 0. The lowest BCUT2D eigenvalue weighted by Gasteiger charge is -2.27. The van der Waals surface area contributed by atoms with Gasteiger partial charge in [-0.3, -0.25) is 14.4 Å². The molecule has 1 heterocycles. The van der Waals surface area contributed by atoms with Crippen molar-refractivity contribution in [2.45, 2.75) is 71.1 Å². The van der Waals surface area contributed by atoms with Crippen molar-refractivity contribution in [2.75, 3.05) is 13.1 Å². The van der Waals surface area contributed by atoms with Crippen LogP contribution in [0.15, 0.2) is 0 Å². The van der Waals surface area contributed by atoms with Crippen LogP contribution < -0.4 is 16.4 Å². The third-order valence-electron chi connectivity index (χ3n) is 4.72. The van der Waals surface area contributed by atoms with Crippen LogP contribution in [0.4, 0.5) is 0 Å². The van der Waals surface area contributed by atoms with Crippen LogP contribution in [0.2, 0.25) is 0 Å². The highest BCUT2D eigenvalue weighted by molar-refractivity contribution is 5.93. The molecule has 5 N–H and O–H groups in total. The molecule has 0 aromatic rings. The van der Waals surface area contributed by atoms with E-state index in [0.29, 0.717) is 6.42 Å². The Bertz CT molecular complexity index is 459. The summed E-state index contributed by atoms with van der Waals surface area (Å²) in [7, 11) is 0. The number of piperidine rings is 1. The third kappa shape index (κ3) is 6.84. The van der Waals surface area contributed by atoms with Crippen LogP contribution in [-0.4, -0.2) is 53.9 Å². The van der Waals surface area contributed by atoms with Crippen molar-refractivity contribution in [3.05, 3.63) is 0 Å². The number of amides is 1. The average molecular weight is 355 g/mol. The van der Waals surface area contributed by atoms with E-state index in [2.05, 4.69) is 10.6 Å². The molecule has 144 valence electrons. The van der Waals surface area contributed by atoms with E-state index in [4.69, 9.17) is 5.73 Å². The fourth-order valence-electron chi connectivity index (χ4n) is 3.10. The molecule has 0 aromatic heterocycles. The Labute approximate surface area is 150 Å². The van der Waals surface area contributed by atoms with Gasteiger partial charge in [0.15, 0.2) is 11.6 Å². The minimum atomic E-state index is -0.972. The molecule has 0 radical (unpaired) electrons. The van der Waals surface area contributed by atoms with E-state index in [9.17, 15) is 19.5 Å². The van der Waals surface area contributed by atoms with Crippen LogP contribution >= 0.6 is 0 Å². The van der Waals surface area contributed by atoms with E-state index >= 15 is 0 Å². The molecule has 1 aliphatic heterocycles. The molecule has 0 spiro atoms. The van der Waals surface area contributed by atoms with Crippen LogP contribution in [0.5, 0.6) is 0 Å². The lowest BCUT2D eigenvalue weighted by atomic mass is 9.89. The lowest BCUT2D eigenvalue weighted by Crippen LogP contribution is -2.49. The molecule has 1 amide bonds. The number of aliphatic hydroxyl groups excluding tert-OH is 1. The summed E-state index contributed by atoms with van der Waals surface area (Å²) in [6.07, 6.45) is 2.12. The van der Waals surface area contributed by atoms with Crippen LogP contribution in [0.1, 0.15) is 52.9 Å². The minimum absolute atomic E-state index is 0.0353. The van der Waals surface area contributed by atoms with E-state index in [1.165, 1.54) is 6.92 Å². The molecule has 0 aromatic carbocycles. The van der Waals surface area contributed by atoms with Gasteiger partial charge in [-0.25, -0.2) is 0 Å². The molecule has 0 aliphatic carbocycles. The molecule has 0 saturated carbocycles. The second-order valence-electron chi connectivity index (χ2n) is 7.22. The minimum Gasteiger partial charge on any atom is -0.393 e. The van der Waals surface area contributed by atoms with Crippen molar-refractivity contribution >= 4 is 17.5 Å².